The summed E-state index contributed by atoms with van der Waals surface area (Å²) in [4.78, 5) is 17.0. The van der Waals surface area contributed by atoms with Crippen LogP contribution in [0.15, 0.2) is 47.6 Å². The SMILES string of the molecule is COCCn1c(SCC(=O)c2ccc(Cl)cc2)nc2cc(Cl)ccc21. The van der Waals surface area contributed by atoms with E-state index < -0.39 is 0 Å². The summed E-state index contributed by atoms with van der Waals surface area (Å²) in [5, 5.41) is 2.02. The van der Waals surface area contributed by atoms with Crippen LogP contribution in [0.25, 0.3) is 11.0 Å². The van der Waals surface area contributed by atoms with Crippen LogP contribution in [-0.2, 0) is 11.3 Å². The van der Waals surface area contributed by atoms with Crippen LogP contribution < -0.4 is 0 Å². The lowest BCUT2D eigenvalue weighted by atomic mass is 10.1. The summed E-state index contributed by atoms with van der Waals surface area (Å²) >= 11 is 13.3. The molecule has 1 heterocycles. The second-order valence-electron chi connectivity index (χ2n) is 5.39. The van der Waals surface area contributed by atoms with Crippen LogP contribution in [0.4, 0.5) is 0 Å². The fourth-order valence-electron chi connectivity index (χ4n) is 2.44. The maximum atomic E-state index is 12.4. The number of benzene rings is 2. The molecule has 2 aromatic carbocycles. The number of methoxy groups -OCH3 is 1. The predicted octanol–water partition coefficient (Wildman–Crippen LogP) is 4.96. The van der Waals surface area contributed by atoms with Gasteiger partial charge >= 0.3 is 0 Å². The Morgan fingerprint density at radius 1 is 1.16 bits per heavy atom. The van der Waals surface area contributed by atoms with Gasteiger partial charge in [0.2, 0.25) is 0 Å². The van der Waals surface area contributed by atoms with Gasteiger partial charge in [0.25, 0.3) is 0 Å². The highest BCUT2D eigenvalue weighted by Crippen LogP contribution is 2.27. The van der Waals surface area contributed by atoms with Gasteiger partial charge in [0.1, 0.15) is 0 Å². The zero-order valence-corrected chi connectivity index (χ0v) is 15.9. The van der Waals surface area contributed by atoms with Gasteiger partial charge in [0.15, 0.2) is 10.9 Å². The molecule has 0 N–H and O–H groups in total. The molecule has 0 atom stereocenters. The number of ether oxygens (including phenoxy) is 1. The van der Waals surface area contributed by atoms with Gasteiger partial charge in [-0.3, -0.25) is 4.79 Å². The number of halogens is 2. The van der Waals surface area contributed by atoms with E-state index in [4.69, 9.17) is 27.9 Å². The van der Waals surface area contributed by atoms with Crippen molar-refractivity contribution >= 4 is 51.8 Å². The monoisotopic (exact) mass is 394 g/mol. The fourth-order valence-corrected chi connectivity index (χ4v) is 3.67. The molecule has 0 spiro atoms. The van der Waals surface area contributed by atoms with Crippen molar-refractivity contribution in [2.24, 2.45) is 0 Å². The number of nitrogens with zero attached hydrogens (tertiary/aromatic N) is 2. The summed E-state index contributed by atoms with van der Waals surface area (Å²) in [6, 6.07) is 12.5. The molecule has 0 saturated carbocycles. The smallest absolute Gasteiger partial charge is 0.173 e. The maximum Gasteiger partial charge on any atom is 0.173 e. The highest BCUT2D eigenvalue weighted by Gasteiger charge is 2.14. The Morgan fingerprint density at radius 3 is 2.60 bits per heavy atom. The Balaban J connectivity index is 1.82. The number of aromatic nitrogens is 2. The lowest BCUT2D eigenvalue weighted by Gasteiger charge is -2.08. The van der Waals surface area contributed by atoms with Crippen molar-refractivity contribution in [3.8, 4) is 0 Å². The van der Waals surface area contributed by atoms with E-state index in [1.54, 1.807) is 31.4 Å². The minimum absolute atomic E-state index is 0.0325. The van der Waals surface area contributed by atoms with Crippen molar-refractivity contribution in [1.82, 2.24) is 9.55 Å². The minimum atomic E-state index is 0.0325. The number of hydrogen-bond acceptors (Lipinski definition) is 4. The molecule has 7 heteroatoms. The molecular weight excluding hydrogens is 379 g/mol. The van der Waals surface area contributed by atoms with E-state index in [2.05, 4.69) is 9.55 Å². The Hall–Kier alpha value is -1.53. The lowest BCUT2D eigenvalue weighted by molar-refractivity contribution is 0.102. The number of thioether (sulfide) groups is 1. The van der Waals surface area contributed by atoms with Crippen molar-refractivity contribution in [1.29, 1.82) is 0 Å². The molecule has 0 saturated heterocycles. The highest BCUT2D eigenvalue weighted by atomic mass is 35.5. The zero-order valence-electron chi connectivity index (χ0n) is 13.5. The summed E-state index contributed by atoms with van der Waals surface area (Å²) in [6.45, 7) is 1.22. The first-order chi connectivity index (χ1) is 12.1. The predicted molar refractivity (Wildman–Crippen MR) is 103 cm³/mol. The van der Waals surface area contributed by atoms with E-state index in [1.165, 1.54) is 11.8 Å². The summed E-state index contributed by atoms with van der Waals surface area (Å²) in [5.74, 6) is 0.330. The quantitative estimate of drug-likeness (QED) is 0.419. The Morgan fingerprint density at radius 2 is 1.88 bits per heavy atom. The van der Waals surface area contributed by atoms with Crippen LogP contribution in [0.2, 0.25) is 10.0 Å². The fraction of sp³-hybridized carbons (Fsp3) is 0.222. The molecule has 0 aliphatic rings. The molecule has 3 aromatic rings. The number of imidazole rings is 1. The third kappa shape index (κ3) is 4.36. The van der Waals surface area contributed by atoms with Gasteiger partial charge in [-0.1, -0.05) is 35.0 Å². The van der Waals surface area contributed by atoms with Crippen LogP contribution >= 0.6 is 35.0 Å². The van der Waals surface area contributed by atoms with Crippen molar-refractivity contribution in [2.45, 2.75) is 11.7 Å². The van der Waals surface area contributed by atoms with Crippen LogP contribution in [0.3, 0.4) is 0 Å². The topological polar surface area (TPSA) is 44.1 Å². The lowest BCUT2D eigenvalue weighted by Crippen LogP contribution is -2.07. The second-order valence-corrected chi connectivity index (χ2v) is 7.21. The second kappa shape index (κ2) is 8.23. The molecule has 0 aliphatic carbocycles. The standard InChI is InChI=1S/C18H16Cl2N2O2S/c1-24-9-8-22-16-7-6-14(20)10-15(16)21-18(22)25-11-17(23)12-2-4-13(19)5-3-12/h2-7,10H,8-9,11H2,1H3. The number of hydrogen-bond donors (Lipinski definition) is 0. The van der Waals surface area contributed by atoms with E-state index >= 15 is 0 Å². The number of rotatable bonds is 7. The number of fused-ring (bicyclic) bond motifs is 1. The molecule has 130 valence electrons. The molecule has 0 radical (unpaired) electrons. The Labute approximate surface area is 160 Å². The van der Waals surface area contributed by atoms with Crippen LogP contribution in [0.1, 0.15) is 10.4 Å². The highest BCUT2D eigenvalue weighted by molar-refractivity contribution is 7.99. The number of Topliss-reactive ketones (excluding diaryl/α,β-unsaturated/α-hetero) is 1. The van der Waals surface area contributed by atoms with E-state index in [-0.39, 0.29) is 5.78 Å². The first kappa shape index (κ1) is 18.3. The molecule has 0 aliphatic heterocycles. The third-order valence-corrected chi connectivity index (χ3v) is 5.16. The Kier molecular flexibility index (Phi) is 6.02. The zero-order chi connectivity index (χ0) is 17.8. The maximum absolute atomic E-state index is 12.4. The van der Waals surface area contributed by atoms with Crippen LogP contribution in [0, 0.1) is 0 Å². The average Bonchev–Trinajstić information content (AvgIpc) is 2.95. The molecular formula is C18H16Cl2N2O2S. The molecule has 0 fully saturated rings. The average molecular weight is 395 g/mol. The van der Waals surface area contributed by atoms with E-state index in [9.17, 15) is 4.79 Å². The first-order valence-electron chi connectivity index (χ1n) is 7.65. The van der Waals surface area contributed by atoms with Gasteiger partial charge < -0.3 is 9.30 Å². The number of carbonyl (C=O) groups is 1. The first-order valence-corrected chi connectivity index (χ1v) is 9.39. The van der Waals surface area contributed by atoms with Gasteiger partial charge in [0, 0.05) is 29.3 Å². The largest absolute Gasteiger partial charge is 0.383 e. The summed E-state index contributed by atoms with van der Waals surface area (Å²) in [6.07, 6.45) is 0. The van der Waals surface area contributed by atoms with Crippen molar-refractivity contribution in [3.05, 3.63) is 58.1 Å². The van der Waals surface area contributed by atoms with E-state index in [0.717, 1.165) is 16.2 Å². The normalized spacial score (nSPS) is 11.2. The molecule has 25 heavy (non-hydrogen) atoms. The Bertz CT molecular complexity index is 894. The van der Waals surface area contributed by atoms with Crippen molar-refractivity contribution in [3.63, 3.8) is 0 Å². The molecule has 0 unspecified atom stereocenters. The van der Waals surface area contributed by atoms with E-state index in [1.807, 2.05) is 18.2 Å². The summed E-state index contributed by atoms with van der Waals surface area (Å²) in [7, 11) is 1.66. The van der Waals surface area contributed by atoms with Gasteiger partial charge in [-0.05, 0) is 42.5 Å². The summed E-state index contributed by atoms with van der Waals surface area (Å²) < 4.78 is 7.24. The van der Waals surface area contributed by atoms with Crippen LogP contribution in [0.5, 0.6) is 0 Å². The van der Waals surface area contributed by atoms with Crippen molar-refractivity contribution < 1.29 is 9.53 Å². The molecule has 4 nitrogen and oxygen atoms in total. The number of ketones is 1. The van der Waals surface area contributed by atoms with Gasteiger partial charge in [-0.2, -0.15) is 0 Å². The summed E-state index contributed by atoms with van der Waals surface area (Å²) in [5.41, 5.74) is 2.42. The molecule has 1 aromatic heterocycles. The van der Waals surface area contributed by atoms with Gasteiger partial charge in [-0.25, -0.2) is 4.98 Å². The number of carbonyl (C=O) groups excluding carboxylic acids is 1. The third-order valence-electron chi connectivity index (χ3n) is 3.69. The van der Waals surface area contributed by atoms with Crippen molar-refractivity contribution in [2.75, 3.05) is 19.5 Å². The minimum Gasteiger partial charge on any atom is -0.383 e. The van der Waals surface area contributed by atoms with Gasteiger partial charge in [-0.15, -0.1) is 0 Å². The molecule has 0 bridgehead atoms. The van der Waals surface area contributed by atoms with Gasteiger partial charge in [0.05, 0.1) is 23.4 Å². The molecule has 0 amide bonds. The van der Waals surface area contributed by atoms with Crippen LogP contribution in [-0.4, -0.2) is 34.8 Å². The van der Waals surface area contributed by atoms with E-state index in [0.29, 0.717) is 34.5 Å². The molecule has 3 rings (SSSR count).